The monoisotopic (exact) mass is 428 g/mol. The largest absolute Gasteiger partial charge is 0.497 e. The van der Waals surface area contributed by atoms with Crippen molar-refractivity contribution in [2.75, 3.05) is 20.2 Å². The van der Waals surface area contributed by atoms with E-state index in [4.69, 9.17) is 4.74 Å². The molecule has 2 aromatic carbocycles. The van der Waals surface area contributed by atoms with Crippen molar-refractivity contribution < 1.29 is 9.53 Å². The van der Waals surface area contributed by atoms with Crippen LogP contribution in [0, 0.1) is 0 Å². The van der Waals surface area contributed by atoms with E-state index >= 15 is 0 Å². The molecule has 0 bridgehead atoms. The van der Waals surface area contributed by atoms with Crippen LogP contribution in [0.15, 0.2) is 83.9 Å². The third kappa shape index (κ3) is 4.14. The number of hydrogen-bond donors (Lipinski definition) is 3. The molecular formula is C26H28N4O2. The maximum atomic E-state index is 11.9. The van der Waals surface area contributed by atoms with E-state index in [-0.39, 0.29) is 12.1 Å². The third-order valence-electron chi connectivity index (χ3n) is 6.22. The number of benzene rings is 2. The highest BCUT2D eigenvalue weighted by atomic mass is 16.5. The number of carbonyl (C=O) groups excluding carboxylic acids is 1. The summed E-state index contributed by atoms with van der Waals surface area (Å²) in [5, 5.41) is 10.1. The molecule has 0 aromatic heterocycles. The number of rotatable bonds is 7. The minimum atomic E-state index is -0.0509. The number of amides is 1. The van der Waals surface area contributed by atoms with E-state index in [0.717, 1.165) is 55.2 Å². The Morgan fingerprint density at radius 3 is 2.62 bits per heavy atom. The Morgan fingerprint density at radius 1 is 1.06 bits per heavy atom. The molecule has 3 heterocycles. The minimum Gasteiger partial charge on any atom is -0.497 e. The van der Waals surface area contributed by atoms with Crippen molar-refractivity contribution in [3.63, 3.8) is 0 Å². The molecule has 0 radical (unpaired) electrons. The van der Waals surface area contributed by atoms with Gasteiger partial charge in [-0.05, 0) is 47.9 Å². The van der Waals surface area contributed by atoms with Crippen LogP contribution in [0.1, 0.15) is 29.3 Å². The number of nitrogens with zero attached hydrogens (tertiary/aromatic N) is 1. The zero-order valence-corrected chi connectivity index (χ0v) is 18.2. The standard InChI is InChI=1S/C26H28N4O2/c1-32-22-9-4-18(5-10-22)12-14-27-16-19-2-6-20(7-3-19)26-28-17-21-8-11-24(31)29-23-13-15-30(26)25(21)23/h2-11,17,26-28H,12-16H2,1H3,(H,29,31). The van der Waals surface area contributed by atoms with Crippen molar-refractivity contribution in [3.05, 3.63) is 101 Å². The van der Waals surface area contributed by atoms with Crippen LogP contribution < -0.4 is 20.7 Å². The number of ether oxygens (including phenoxy) is 1. The van der Waals surface area contributed by atoms with Crippen LogP contribution in [0.3, 0.4) is 0 Å². The predicted molar refractivity (Wildman–Crippen MR) is 124 cm³/mol. The van der Waals surface area contributed by atoms with E-state index in [1.165, 1.54) is 16.7 Å². The summed E-state index contributed by atoms with van der Waals surface area (Å²) >= 11 is 0. The van der Waals surface area contributed by atoms with E-state index in [9.17, 15) is 4.79 Å². The molecule has 0 saturated heterocycles. The summed E-state index contributed by atoms with van der Waals surface area (Å²) in [6, 6.07) is 17.0. The van der Waals surface area contributed by atoms with Gasteiger partial charge in [-0.3, -0.25) is 4.79 Å². The number of nitrogens with one attached hydrogen (secondary N) is 3. The topological polar surface area (TPSA) is 65.6 Å². The summed E-state index contributed by atoms with van der Waals surface area (Å²) in [5.41, 5.74) is 7.01. The Labute approximate surface area is 188 Å². The minimum absolute atomic E-state index is 0.0509. The van der Waals surface area contributed by atoms with Crippen molar-refractivity contribution >= 4 is 5.91 Å². The van der Waals surface area contributed by atoms with Crippen LogP contribution in [0.2, 0.25) is 0 Å². The fourth-order valence-electron chi connectivity index (χ4n) is 4.52. The first-order valence-corrected chi connectivity index (χ1v) is 11.1. The van der Waals surface area contributed by atoms with E-state index in [0.29, 0.717) is 0 Å². The fourth-order valence-corrected chi connectivity index (χ4v) is 4.52. The lowest BCUT2D eigenvalue weighted by atomic mass is 10.0. The van der Waals surface area contributed by atoms with Gasteiger partial charge in [-0.1, -0.05) is 36.4 Å². The zero-order valence-electron chi connectivity index (χ0n) is 18.2. The zero-order chi connectivity index (χ0) is 21.9. The molecule has 1 unspecified atom stereocenters. The van der Waals surface area contributed by atoms with E-state index in [1.54, 1.807) is 13.2 Å². The van der Waals surface area contributed by atoms with E-state index in [2.05, 4.69) is 57.2 Å². The first kappa shape index (κ1) is 20.4. The molecule has 3 N–H and O–H groups in total. The summed E-state index contributed by atoms with van der Waals surface area (Å²) in [7, 11) is 1.69. The SMILES string of the molecule is COc1ccc(CCNCc2ccc(C3NC=C4C=CC(=O)NC5=C4N3CC5)cc2)cc1. The molecule has 0 fully saturated rings. The first-order valence-electron chi connectivity index (χ1n) is 11.1. The average Bonchev–Trinajstić information content (AvgIpc) is 3.17. The molecule has 6 heteroatoms. The molecule has 3 aliphatic rings. The van der Waals surface area contributed by atoms with Gasteiger partial charge in [0.1, 0.15) is 11.9 Å². The second-order valence-electron chi connectivity index (χ2n) is 8.28. The van der Waals surface area contributed by atoms with Gasteiger partial charge in [0.2, 0.25) is 5.91 Å². The van der Waals surface area contributed by atoms with Gasteiger partial charge in [-0.2, -0.15) is 0 Å². The average molecular weight is 429 g/mol. The fraction of sp³-hybridized carbons (Fsp3) is 0.269. The molecule has 0 aliphatic carbocycles. The lowest BCUT2D eigenvalue weighted by molar-refractivity contribution is -0.115. The smallest absolute Gasteiger partial charge is 0.248 e. The van der Waals surface area contributed by atoms with Crippen molar-refractivity contribution in [3.8, 4) is 5.75 Å². The molecule has 3 aliphatic heterocycles. The van der Waals surface area contributed by atoms with Crippen LogP contribution in [-0.2, 0) is 17.8 Å². The van der Waals surface area contributed by atoms with E-state index in [1.807, 2.05) is 24.4 Å². The van der Waals surface area contributed by atoms with Crippen molar-refractivity contribution in [1.82, 2.24) is 20.9 Å². The van der Waals surface area contributed by atoms with Crippen molar-refractivity contribution in [2.24, 2.45) is 0 Å². The van der Waals surface area contributed by atoms with Crippen LogP contribution in [0.4, 0.5) is 0 Å². The van der Waals surface area contributed by atoms with E-state index < -0.39 is 0 Å². The molecule has 1 amide bonds. The quantitative estimate of drug-likeness (QED) is 0.592. The Balaban J connectivity index is 1.19. The third-order valence-corrected chi connectivity index (χ3v) is 6.22. The maximum absolute atomic E-state index is 11.9. The molecule has 0 saturated carbocycles. The highest BCUT2D eigenvalue weighted by molar-refractivity contribution is 5.90. The predicted octanol–water partition coefficient (Wildman–Crippen LogP) is 3.12. The Morgan fingerprint density at radius 2 is 1.84 bits per heavy atom. The second kappa shape index (κ2) is 8.93. The van der Waals surface area contributed by atoms with Crippen molar-refractivity contribution in [2.45, 2.75) is 25.6 Å². The summed E-state index contributed by atoms with van der Waals surface area (Å²) in [6.07, 6.45) is 7.43. The van der Waals surface area contributed by atoms with Gasteiger partial charge in [0.25, 0.3) is 0 Å². The molecule has 6 nitrogen and oxygen atoms in total. The Hall–Kier alpha value is -3.51. The van der Waals surface area contributed by atoms with Gasteiger partial charge >= 0.3 is 0 Å². The van der Waals surface area contributed by atoms with Crippen LogP contribution >= 0.6 is 0 Å². The van der Waals surface area contributed by atoms with Gasteiger partial charge in [0, 0.05) is 43.1 Å². The number of hydrogen-bond acceptors (Lipinski definition) is 5. The molecule has 0 spiro atoms. The van der Waals surface area contributed by atoms with Crippen LogP contribution in [0.25, 0.3) is 0 Å². The van der Waals surface area contributed by atoms with Crippen LogP contribution in [-0.4, -0.2) is 31.0 Å². The first-order chi connectivity index (χ1) is 15.7. The Bertz CT molecular complexity index is 1080. The second-order valence-corrected chi connectivity index (χ2v) is 8.28. The molecular weight excluding hydrogens is 400 g/mol. The molecule has 5 rings (SSSR count). The lowest BCUT2D eigenvalue weighted by Crippen LogP contribution is -2.38. The van der Waals surface area contributed by atoms with Crippen LogP contribution in [0.5, 0.6) is 5.75 Å². The number of allylic oxidation sites excluding steroid dienone is 1. The number of carbonyl (C=O) groups is 1. The van der Waals surface area contributed by atoms with Gasteiger partial charge < -0.3 is 25.6 Å². The highest BCUT2D eigenvalue weighted by Gasteiger charge is 2.34. The summed E-state index contributed by atoms with van der Waals surface area (Å²) in [6.45, 7) is 2.66. The molecule has 1 atom stereocenters. The lowest BCUT2D eigenvalue weighted by Gasteiger charge is -2.36. The summed E-state index contributed by atoms with van der Waals surface area (Å²) in [4.78, 5) is 14.3. The van der Waals surface area contributed by atoms with Gasteiger partial charge in [0.05, 0.1) is 12.8 Å². The summed E-state index contributed by atoms with van der Waals surface area (Å²) in [5.74, 6) is 0.840. The highest BCUT2D eigenvalue weighted by Crippen LogP contribution is 2.38. The molecule has 2 aromatic rings. The van der Waals surface area contributed by atoms with Gasteiger partial charge in [-0.25, -0.2) is 0 Å². The molecule has 32 heavy (non-hydrogen) atoms. The molecule has 164 valence electrons. The maximum Gasteiger partial charge on any atom is 0.248 e. The van der Waals surface area contributed by atoms with Gasteiger partial charge in [0.15, 0.2) is 0 Å². The van der Waals surface area contributed by atoms with Gasteiger partial charge in [-0.15, -0.1) is 0 Å². The normalized spacial score (nSPS) is 19.2. The summed E-state index contributed by atoms with van der Waals surface area (Å²) < 4.78 is 5.21. The Kier molecular flexibility index (Phi) is 5.69. The number of methoxy groups -OCH3 is 1. The van der Waals surface area contributed by atoms with Crippen molar-refractivity contribution in [1.29, 1.82) is 0 Å².